The third kappa shape index (κ3) is 4.61. The van der Waals surface area contributed by atoms with Crippen molar-refractivity contribution >= 4 is 5.91 Å². The van der Waals surface area contributed by atoms with Crippen LogP contribution in [0.25, 0.3) is 0 Å². The number of hydrogen-bond donors (Lipinski definition) is 2. The first-order valence-electron chi connectivity index (χ1n) is 7.50. The van der Waals surface area contributed by atoms with Crippen LogP contribution in [0.3, 0.4) is 0 Å². The highest BCUT2D eigenvalue weighted by atomic mass is 16.5. The number of rotatable bonds is 6. The molecule has 0 aliphatic carbocycles. The molecule has 1 aromatic rings. The lowest BCUT2D eigenvalue weighted by molar-refractivity contribution is -0.122. The van der Waals surface area contributed by atoms with Crippen LogP contribution in [0.2, 0.25) is 0 Å². The minimum absolute atomic E-state index is 0.00817. The number of ether oxygens (including phenoxy) is 2. The molecule has 0 saturated carbocycles. The molecule has 1 heterocycles. The van der Waals surface area contributed by atoms with Gasteiger partial charge in [-0.15, -0.1) is 0 Å². The summed E-state index contributed by atoms with van der Waals surface area (Å²) in [6, 6.07) is 5.58. The molecule has 1 aliphatic rings. The summed E-state index contributed by atoms with van der Waals surface area (Å²) in [5.41, 5.74) is 0.958. The van der Waals surface area contributed by atoms with Crippen LogP contribution in [0, 0.1) is 0 Å². The van der Waals surface area contributed by atoms with E-state index in [4.69, 9.17) is 9.47 Å². The lowest BCUT2D eigenvalue weighted by Gasteiger charge is -2.28. The fourth-order valence-corrected chi connectivity index (χ4v) is 2.53. The Labute approximate surface area is 131 Å². The molecular formula is C16H24N2O4. The zero-order chi connectivity index (χ0) is 15.9. The Balaban J connectivity index is 1.81. The molecule has 1 fully saturated rings. The third-order valence-corrected chi connectivity index (χ3v) is 3.86. The number of nitrogens with one attached hydrogen (secondary N) is 1. The van der Waals surface area contributed by atoms with Crippen LogP contribution in [-0.4, -0.2) is 55.9 Å². The van der Waals surface area contributed by atoms with E-state index in [2.05, 4.69) is 10.2 Å². The van der Waals surface area contributed by atoms with E-state index in [-0.39, 0.29) is 12.0 Å². The summed E-state index contributed by atoms with van der Waals surface area (Å²) in [5.74, 6) is 1.31. The predicted octanol–water partition coefficient (Wildman–Crippen LogP) is 0.777. The largest absolute Gasteiger partial charge is 0.493 e. The first-order chi connectivity index (χ1) is 10.6. The molecule has 0 spiro atoms. The number of nitrogens with zero attached hydrogens (tertiary/aromatic N) is 1. The Bertz CT molecular complexity index is 499. The Morgan fingerprint density at radius 3 is 2.59 bits per heavy atom. The van der Waals surface area contributed by atoms with Crippen LogP contribution in [0.1, 0.15) is 18.4 Å². The van der Waals surface area contributed by atoms with Gasteiger partial charge >= 0.3 is 0 Å². The molecular weight excluding hydrogens is 284 g/mol. The van der Waals surface area contributed by atoms with E-state index in [0.717, 1.165) is 31.5 Å². The summed E-state index contributed by atoms with van der Waals surface area (Å²) in [7, 11) is 3.18. The Morgan fingerprint density at radius 2 is 1.95 bits per heavy atom. The number of benzene rings is 1. The highest BCUT2D eigenvalue weighted by Gasteiger charge is 2.18. The van der Waals surface area contributed by atoms with Crippen molar-refractivity contribution in [2.75, 3.05) is 33.9 Å². The van der Waals surface area contributed by atoms with E-state index in [1.165, 1.54) is 0 Å². The second kappa shape index (κ2) is 8.00. The zero-order valence-corrected chi connectivity index (χ0v) is 13.2. The SMILES string of the molecule is COc1ccc(CNC(=O)CN2CCC(O)CC2)cc1OC. The molecule has 6 nitrogen and oxygen atoms in total. The second-order valence-electron chi connectivity index (χ2n) is 5.47. The van der Waals surface area contributed by atoms with E-state index in [1.54, 1.807) is 14.2 Å². The van der Waals surface area contributed by atoms with Gasteiger partial charge in [0.05, 0.1) is 26.9 Å². The molecule has 1 amide bonds. The molecule has 6 heteroatoms. The molecule has 1 saturated heterocycles. The van der Waals surface area contributed by atoms with Gasteiger partial charge in [-0.2, -0.15) is 0 Å². The van der Waals surface area contributed by atoms with E-state index in [1.807, 2.05) is 18.2 Å². The summed E-state index contributed by atoms with van der Waals surface area (Å²) in [6.07, 6.45) is 1.26. The number of aliphatic hydroxyl groups excluding tert-OH is 1. The monoisotopic (exact) mass is 308 g/mol. The van der Waals surface area contributed by atoms with Crippen molar-refractivity contribution in [3.05, 3.63) is 23.8 Å². The number of hydrogen-bond acceptors (Lipinski definition) is 5. The number of piperidine rings is 1. The number of carbonyl (C=O) groups excluding carboxylic acids is 1. The molecule has 1 aliphatic heterocycles. The lowest BCUT2D eigenvalue weighted by atomic mass is 10.1. The van der Waals surface area contributed by atoms with Gasteiger partial charge in [0.15, 0.2) is 11.5 Å². The molecule has 0 aromatic heterocycles. The summed E-state index contributed by atoms with van der Waals surface area (Å²) < 4.78 is 10.4. The average Bonchev–Trinajstić information content (AvgIpc) is 2.54. The van der Waals surface area contributed by atoms with Gasteiger partial charge in [0.25, 0.3) is 0 Å². The van der Waals surface area contributed by atoms with E-state index in [9.17, 15) is 9.90 Å². The molecule has 0 radical (unpaired) electrons. The van der Waals surface area contributed by atoms with Crippen LogP contribution in [0.5, 0.6) is 11.5 Å². The van der Waals surface area contributed by atoms with E-state index in [0.29, 0.717) is 24.6 Å². The van der Waals surface area contributed by atoms with Crippen molar-refractivity contribution in [1.82, 2.24) is 10.2 Å². The maximum atomic E-state index is 12.0. The first kappa shape index (κ1) is 16.6. The molecule has 0 unspecified atom stereocenters. The first-order valence-corrected chi connectivity index (χ1v) is 7.50. The summed E-state index contributed by atoms with van der Waals surface area (Å²) in [5, 5.41) is 12.4. The molecule has 1 aromatic carbocycles. The van der Waals surface area contributed by atoms with Gasteiger partial charge in [0, 0.05) is 19.6 Å². The van der Waals surface area contributed by atoms with Crippen LogP contribution in [-0.2, 0) is 11.3 Å². The summed E-state index contributed by atoms with van der Waals surface area (Å²) in [6.45, 7) is 2.37. The Kier molecular flexibility index (Phi) is 6.03. The predicted molar refractivity (Wildman–Crippen MR) is 83.1 cm³/mol. The normalized spacial score (nSPS) is 16.3. The maximum Gasteiger partial charge on any atom is 0.234 e. The van der Waals surface area contributed by atoms with Gasteiger partial charge in [-0.05, 0) is 30.5 Å². The Hall–Kier alpha value is -1.79. The molecule has 2 N–H and O–H groups in total. The number of methoxy groups -OCH3 is 2. The third-order valence-electron chi connectivity index (χ3n) is 3.86. The summed E-state index contributed by atoms with van der Waals surface area (Å²) in [4.78, 5) is 14.0. The fourth-order valence-electron chi connectivity index (χ4n) is 2.53. The van der Waals surface area contributed by atoms with Crippen LogP contribution < -0.4 is 14.8 Å². The van der Waals surface area contributed by atoms with Crippen LogP contribution >= 0.6 is 0 Å². The fraction of sp³-hybridized carbons (Fsp3) is 0.562. The van der Waals surface area contributed by atoms with Crippen LogP contribution in [0.15, 0.2) is 18.2 Å². The van der Waals surface area contributed by atoms with Gasteiger partial charge in [-0.1, -0.05) is 6.07 Å². The quantitative estimate of drug-likeness (QED) is 0.812. The van der Waals surface area contributed by atoms with Crippen molar-refractivity contribution in [2.45, 2.75) is 25.5 Å². The van der Waals surface area contributed by atoms with Crippen LogP contribution in [0.4, 0.5) is 0 Å². The van der Waals surface area contributed by atoms with Crippen molar-refractivity contribution in [3.63, 3.8) is 0 Å². The highest BCUT2D eigenvalue weighted by molar-refractivity contribution is 5.78. The molecule has 22 heavy (non-hydrogen) atoms. The van der Waals surface area contributed by atoms with Gasteiger partial charge in [0.2, 0.25) is 5.91 Å². The van der Waals surface area contributed by atoms with Gasteiger partial charge in [-0.3, -0.25) is 9.69 Å². The number of aliphatic hydroxyl groups is 1. The molecule has 122 valence electrons. The van der Waals surface area contributed by atoms with E-state index >= 15 is 0 Å². The number of likely N-dealkylation sites (tertiary alicyclic amines) is 1. The minimum Gasteiger partial charge on any atom is -0.493 e. The van der Waals surface area contributed by atoms with Crippen molar-refractivity contribution in [3.8, 4) is 11.5 Å². The topological polar surface area (TPSA) is 71.0 Å². The molecule has 0 atom stereocenters. The van der Waals surface area contributed by atoms with Gasteiger partial charge in [-0.25, -0.2) is 0 Å². The standard InChI is InChI=1S/C16H24N2O4/c1-21-14-4-3-12(9-15(14)22-2)10-17-16(20)11-18-7-5-13(19)6-8-18/h3-4,9,13,19H,5-8,10-11H2,1-2H3,(H,17,20). The van der Waals surface area contributed by atoms with Crippen molar-refractivity contribution in [1.29, 1.82) is 0 Å². The maximum absolute atomic E-state index is 12.0. The Morgan fingerprint density at radius 1 is 1.27 bits per heavy atom. The average molecular weight is 308 g/mol. The number of amides is 1. The lowest BCUT2D eigenvalue weighted by Crippen LogP contribution is -2.42. The van der Waals surface area contributed by atoms with Crippen molar-refractivity contribution in [2.24, 2.45) is 0 Å². The smallest absolute Gasteiger partial charge is 0.234 e. The van der Waals surface area contributed by atoms with Gasteiger partial charge < -0.3 is 19.9 Å². The highest BCUT2D eigenvalue weighted by Crippen LogP contribution is 2.27. The van der Waals surface area contributed by atoms with E-state index < -0.39 is 0 Å². The summed E-state index contributed by atoms with van der Waals surface area (Å²) >= 11 is 0. The molecule has 0 bridgehead atoms. The van der Waals surface area contributed by atoms with Gasteiger partial charge in [0.1, 0.15) is 0 Å². The minimum atomic E-state index is -0.217. The van der Waals surface area contributed by atoms with Crippen molar-refractivity contribution < 1.29 is 19.4 Å². The second-order valence-corrected chi connectivity index (χ2v) is 5.47. The molecule has 2 rings (SSSR count). The zero-order valence-electron chi connectivity index (χ0n) is 13.2. The number of carbonyl (C=O) groups is 1.